The smallest absolute Gasteiger partial charge is 0.132 e. The molecule has 0 heterocycles. The fourth-order valence-electron chi connectivity index (χ4n) is 0.587. The van der Waals surface area contributed by atoms with E-state index in [1.165, 1.54) is 0 Å². The summed E-state index contributed by atoms with van der Waals surface area (Å²) in [5.41, 5.74) is 0. The van der Waals surface area contributed by atoms with E-state index in [2.05, 4.69) is 0 Å². The fraction of sp³-hybridized carbons (Fsp3) is 0.857. The van der Waals surface area contributed by atoms with Gasteiger partial charge in [-0.25, -0.2) is 0 Å². The summed E-state index contributed by atoms with van der Waals surface area (Å²) >= 11 is 0. The minimum atomic E-state index is -0.308. The Morgan fingerprint density at radius 1 is 1.67 bits per heavy atom. The van der Waals surface area contributed by atoms with Gasteiger partial charge in [0.05, 0.1) is 6.67 Å². The molecule has 0 aliphatic heterocycles. The average Bonchev–Trinajstić information content (AvgIpc) is 1.82. The third-order valence-corrected chi connectivity index (χ3v) is 1.46. The first-order valence-electron chi connectivity index (χ1n) is 3.25. The summed E-state index contributed by atoms with van der Waals surface area (Å²) in [6.07, 6.45) is 1.20. The van der Waals surface area contributed by atoms with E-state index in [0.29, 0.717) is 12.8 Å². The molecule has 0 aromatic carbocycles. The van der Waals surface area contributed by atoms with Crippen molar-refractivity contribution in [2.45, 2.75) is 26.7 Å². The van der Waals surface area contributed by atoms with Crippen LogP contribution in [0.3, 0.4) is 0 Å². The summed E-state index contributed by atoms with van der Waals surface area (Å²) in [4.78, 5) is 10.5. The van der Waals surface area contributed by atoms with Crippen LogP contribution in [0.2, 0.25) is 0 Å². The largest absolute Gasteiger partial charge is 0.300 e. The Bertz CT molecular complexity index is 90.9. The number of Topliss-reactive ketones (excluding diaryl/α,β-unsaturated/α-hetero) is 1. The molecule has 1 unspecified atom stereocenters. The van der Waals surface area contributed by atoms with Gasteiger partial charge in [0.2, 0.25) is 0 Å². The monoisotopic (exact) mass is 132 g/mol. The second-order valence-corrected chi connectivity index (χ2v) is 2.34. The first-order valence-corrected chi connectivity index (χ1v) is 3.25. The highest BCUT2D eigenvalue weighted by molar-refractivity contribution is 5.77. The van der Waals surface area contributed by atoms with Crippen molar-refractivity contribution in [3.63, 3.8) is 0 Å². The summed E-state index contributed by atoms with van der Waals surface area (Å²) in [5.74, 6) is 0.198. The lowest BCUT2D eigenvalue weighted by atomic mass is 10.0. The molecule has 0 aliphatic rings. The second kappa shape index (κ2) is 4.48. The molecule has 0 amide bonds. The minimum Gasteiger partial charge on any atom is -0.300 e. The van der Waals surface area contributed by atoms with E-state index >= 15 is 0 Å². The van der Waals surface area contributed by atoms with Crippen LogP contribution in [0.15, 0.2) is 0 Å². The molecule has 0 aliphatic carbocycles. The summed E-state index contributed by atoms with van der Waals surface area (Å²) in [7, 11) is 0. The van der Waals surface area contributed by atoms with Gasteiger partial charge >= 0.3 is 0 Å². The molecule has 0 aromatic rings. The van der Waals surface area contributed by atoms with Gasteiger partial charge in [-0.1, -0.05) is 6.92 Å². The third kappa shape index (κ3) is 4.13. The molecule has 0 rings (SSSR count). The van der Waals surface area contributed by atoms with Crippen molar-refractivity contribution < 1.29 is 9.18 Å². The van der Waals surface area contributed by atoms with Crippen molar-refractivity contribution in [2.75, 3.05) is 6.67 Å². The molecule has 0 saturated heterocycles. The SMILES string of the molecule is CC(=O)C(C)CCCF. The highest BCUT2D eigenvalue weighted by atomic mass is 19.1. The standard InChI is InChI=1S/C7H13FO/c1-6(7(2)9)4-3-5-8/h6H,3-5H2,1-2H3. The number of ketones is 1. The molecule has 54 valence electrons. The molecule has 0 N–H and O–H groups in total. The highest BCUT2D eigenvalue weighted by Gasteiger charge is 2.05. The molecule has 0 aromatic heterocycles. The first-order chi connectivity index (χ1) is 4.18. The van der Waals surface area contributed by atoms with Crippen LogP contribution in [0.1, 0.15) is 26.7 Å². The fourth-order valence-corrected chi connectivity index (χ4v) is 0.587. The topological polar surface area (TPSA) is 17.1 Å². The van der Waals surface area contributed by atoms with E-state index in [-0.39, 0.29) is 18.4 Å². The normalized spacial score (nSPS) is 13.2. The Morgan fingerprint density at radius 3 is 2.56 bits per heavy atom. The molecular weight excluding hydrogens is 119 g/mol. The zero-order valence-corrected chi connectivity index (χ0v) is 5.98. The number of rotatable bonds is 4. The van der Waals surface area contributed by atoms with Gasteiger partial charge in [-0.05, 0) is 19.8 Å². The van der Waals surface area contributed by atoms with Crippen molar-refractivity contribution in [2.24, 2.45) is 5.92 Å². The number of alkyl halides is 1. The van der Waals surface area contributed by atoms with Crippen molar-refractivity contribution in [1.29, 1.82) is 0 Å². The number of carbonyl (C=O) groups is 1. The molecule has 0 spiro atoms. The Kier molecular flexibility index (Phi) is 4.28. The Morgan fingerprint density at radius 2 is 2.22 bits per heavy atom. The van der Waals surface area contributed by atoms with Gasteiger partial charge in [0.15, 0.2) is 0 Å². The lowest BCUT2D eigenvalue weighted by Gasteiger charge is -2.02. The predicted molar refractivity (Wildman–Crippen MR) is 35.1 cm³/mol. The lowest BCUT2D eigenvalue weighted by molar-refractivity contribution is -0.120. The van der Waals surface area contributed by atoms with Gasteiger partial charge in [0.1, 0.15) is 5.78 Å². The van der Waals surface area contributed by atoms with E-state index in [1.54, 1.807) is 6.92 Å². The molecule has 1 atom stereocenters. The van der Waals surface area contributed by atoms with Gasteiger partial charge in [-0.15, -0.1) is 0 Å². The van der Waals surface area contributed by atoms with Crippen LogP contribution >= 0.6 is 0 Å². The highest BCUT2D eigenvalue weighted by Crippen LogP contribution is 2.05. The maximum absolute atomic E-state index is 11.5. The number of carbonyl (C=O) groups excluding carboxylic acids is 1. The molecule has 2 heteroatoms. The lowest BCUT2D eigenvalue weighted by Crippen LogP contribution is -2.05. The van der Waals surface area contributed by atoms with Gasteiger partial charge in [-0.2, -0.15) is 0 Å². The summed E-state index contributed by atoms with van der Waals surface area (Å²) in [6.45, 7) is 3.07. The van der Waals surface area contributed by atoms with E-state index in [9.17, 15) is 9.18 Å². The molecular formula is C7H13FO. The predicted octanol–water partition coefficient (Wildman–Crippen LogP) is 1.96. The average molecular weight is 132 g/mol. The van der Waals surface area contributed by atoms with Gasteiger partial charge < -0.3 is 0 Å². The van der Waals surface area contributed by atoms with Crippen molar-refractivity contribution in [3.8, 4) is 0 Å². The van der Waals surface area contributed by atoms with Gasteiger partial charge in [0.25, 0.3) is 0 Å². The summed E-state index contributed by atoms with van der Waals surface area (Å²) < 4.78 is 11.5. The molecule has 0 fully saturated rings. The van der Waals surface area contributed by atoms with E-state index < -0.39 is 0 Å². The van der Waals surface area contributed by atoms with Gasteiger partial charge in [-0.3, -0.25) is 9.18 Å². The van der Waals surface area contributed by atoms with E-state index in [0.717, 1.165) is 0 Å². The minimum absolute atomic E-state index is 0.0424. The van der Waals surface area contributed by atoms with Crippen LogP contribution in [-0.4, -0.2) is 12.5 Å². The van der Waals surface area contributed by atoms with Crippen LogP contribution in [0, 0.1) is 5.92 Å². The summed E-state index contributed by atoms with van der Waals surface area (Å²) in [5, 5.41) is 0. The maximum atomic E-state index is 11.5. The quantitative estimate of drug-likeness (QED) is 0.571. The zero-order chi connectivity index (χ0) is 7.28. The van der Waals surface area contributed by atoms with E-state index in [1.807, 2.05) is 6.92 Å². The van der Waals surface area contributed by atoms with Crippen LogP contribution in [-0.2, 0) is 4.79 Å². The van der Waals surface area contributed by atoms with Crippen molar-refractivity contribution in [3.05, 3.63) is 0 Å². The third-order valence-electron chi connectivity index (χ3n) is 1.46. The number of hydrogen-bond donors (Lipinski definition) is 0. The van der Waals surface area contributed by atoms with E-state index in [4.69, 9.17) is 0 Å². The number of halogens is 1. The Balaban J connectivity index is 3.27. The van der Waals surface area contributed by atoms with Crippen LogP contribution in [0.4, 0.5) is 4.39 Å². The van der Waals surface area contributed by atoms with Crippen LogP contribution in [0.25, 0.3) is 0 Å². The Hall–Kier alpha value is -0.400. The number of hydrogen-bond acceptors (Lipinski definition) is 1. The maximum Gasteiger partial charge on any atom is 0.132 e. The second-order valence-electron chi connectivity index (χ2n) is 2.34. The molecule has 0 bridgehead atoms. The Labute approximate surface area is 55.3 Å². The molecule has 1 nitrogen and oxygen atoms in total. The molecule has 9 heavy (non-hydrogen) atoms. The molecule has 0 radical (unpaired) electrons. The zero-order valence-electron chi connectivity index (χ0n) is 5.98. The van der Waals surface area contributed by atoms with Crippen molar-refractivity contribution in [1.82, 2.24) is 0 Å². The summed E-state index contributed by atoms with van der Waals surface area (Å²) in [6, 6.07) is 0. The first kappa shape index (κ1) is 8.60. The molecule has 0 saturated carbocycles. The van der Waals surface area contributed by atoms with Crippen molar-refractivity contribution >= 4 is 5.78 Å². The van der Waals surface area contributed by atoms with Crippen LogP contribution in [0.5, 0.6) is 0 Å². The van der Waals surface area contributed by atoms with Crippen LogP contribution < -0.4 is 0 Å². The van der Waals surface area contributed by atoms with Gasteiger partial charge in [0, 0.05) is 5.92 Å².